The van der Waals surface area contributed by atoms with Crippen LogP contribution in [0.5, 0.6) is 0 Å². The number of nitrogens with zero attached hydrogens (tertiary/aromatic N) is 3. The van der Waals surface area contributed by atoms with E-state index in [1.54, 1.807) is 0 Å². The lowest BCUT2D eigenvalue weighted by molar-refractivity contribution is 0.370. The summed E-state index contributed by atoms with van der Waals surface area (Å²) in [4.78, 5) is 2.24. The molecule has 2 aliphatic rings. The third kappa shape index (κ3) is 2.54. The predicted molar refractivity (Wildman–Crippen MR) is 86.1 cm³/mol. The lowest BCUT2D eigenvalue weighted by Gasteiger charge is -2.41. The van der Waals surface area contributed by atoms with Crippen LogP contribution in [0.1, 0.15) is 40.5 Å². The van der Waals surface area contributed by atoms with E-state index in [-0.39, 0.29) is 5.41 Å². The third-order valence-electron chi connectivity index (χ3n) is 4.04. The normalized spacial score (nSPS) is 27.9. The van der Waals surface area contributed by atoms with Gasteiger partial charge in [0.2, 0.25) is 0 Å². The van der Waals surface area contributed by atoms with Crippen LogP contribution in [0.2, 0.25) is 0 Å². The van der Waals surface area contributed by atoms with Gasteiger partial charge in [-0.3, -0.25) is 5.01 Å². The van der Waals surface area contributed by atoms with Crippen molar-refractivity contribution in [2.24, 2.45) is 16.4 Å². The second-order valence-electron chi connectivity index (χ2n) is 6.42. The van der Waals surface area contributed by atoms with Gasteiger partial charge in [-0.25, -0.2) is 0 Å². The molecule has 0 aromatic rings. The fraction of sp³-hybridized carbons (Fsp3) is 0.588. The van der Waals surface area contributed by atoms with Crippen LogP contribution in [0.25, 0.3) is 0 Å². The minimum Gasteiger partial charge on any atom is -0.351 e. The topological polar surface area (TPSA) is 18.8 Å². The van der Waals surface area contributed by atoms with Crippen molar-refractivity contribution in [2.75, 3.05) is 14.1 Å². The van der Waals surface area contributed by atoms with E-state index in [2.05, 4.69) is 69.3 Å². The molecular formula is C17H27N3. The summed E-state index contributed by atoms with van der Waals surface area (Å²) in [5, 5.41) is 6.57. The van der Waals surface area contributed by atoms with Gasteiger partial charge < -0.3 is 4.90 Å². The highest BCUT2D eigenvalue weighted by atomic mass is 15.4. The lowest BCUT2D eigenvalue weighted by atomic mass is 9.74. The molecule has 0 saturated heterocycles. The molecule has 2 heterocycles. The van der Waals surface area contributed by atoms with Crippen LogP contribution in [0.15, 0.2) is 40.4 Å². The van der Waals surface area contributed by atoms with E-state index in [1.807, 2.05) is 12.1 Å². The van der Waals surface area contributed by atoms with Crippen molar-refractivity contribution in [2.45, 2.75) is 40.5 Å². The molecule has 0 radical (unpaired) electrons. The highest BCUT2D eigenvalue weighted by Crippen LogP contribution is 2.43. The van der Waals surface area contributed by atoms with Crippen molar-refractivity contribution in [3.63, 3.8) is 0 Å². The zero-order valence-corrected chi connectivity index (χ0v) is 13.6. The minimum atomic E-state index is 0.0241. The number of rotatable bonds is 3. The Hall–Kier alpha value is -1.51. The molecule has 0 bridgehead atoms. The standard InChI is InChI=1S/C17H27N3/c1-7-9-17(4)12-18-20(6)14-8-10-19(5)15(16(14)17)11-13(2)3/h8,10-13H,7,9H2,1-6H3/b15-11+. The Balaban J connectivity index is 2.58. The van der Waals surface area contributed by atoms with Crippen LogP contribution in [0.3, 0.4) is 0 Å². The molecular weight excluding hydrogens is 246 g/mol. The predicted octanol–water partition coefficient (Wildman–Crippen LogP) is 3.98. The van der Waals surface area contributed by atoms with E-state index >= 15 is 0 Å². The minimum absolute atomic E-state index is 0.0241. The molecule has 1 unspecified atom stereocenters. The Morgan fingerprint density at radius 3 is 2.65 bits per heavy atom. The van der Waals surface area contributed by atoms with E-state index in [0.717, 1.165) is 12.8 Å². The van der Waals surface area contributed by atoms with Crippen molar-refractivity contribution in [1.29, 1.82) is 0 Å². The summed E-state index contributed by atoms with van der Waals surface area (Å²) in [7, 11) is 4.16. The maximum absolute atomic E-state index is 4.58. The number of hydrogen-bond acceptors (Lipinski definition) is 3. The highest BCUT2D eigenvalue weighted by Gasteiger charge is 2.37. The Kier molecular flexibility index (Phi) is 4.07. The van der Waals surface area contributed by atoms with E-state index in [0.29, 0.717) is 5.92 Å². The Bertz CT molecular complexity index is 496. The molecule has 2 rings (SSSR count). The van der Waals surface area contributed by atoms with E-state index < -0.39 is 0 Å². The average molecular weight is 273 g/mol. The molecule has 3 heteroatoms. The summed E-state index contributed by atoms with van der Waals surface area (Å²) >= 11 is 0. The molecule has 0 amide bonds. The summed E-state index contributed by atoms with van der Waals surface area (Å²) in [6.07, 6.45) is 11.1. The van der Waals surface area contributed by atoms with Crippen LogP contribution in [0, 0.1) is 11.3 Å². The molecule has 0 aromatic heterocycles. The van der Waals surface area contributed by atoms with Gasteiger partial charge in [0.15, 0.2) is 0 Å². The maximum Gasteiger partial charge on any atom is 0.0667 e. The van der Waals surface area contributed by atoms with Gasteiger partial charge in [-0.2, -0.15) is 5.10 Å². The second-order valence-corrected chi connectivity index (χ2v) is 6.42. The number of likely N-dealkylation sites (N-methyl/N-ethyl adjacent to an activating group) is 2. The van der Waals surface area contributed by atoms with Crippen molar-refractivity contribution in [3.05, 3.63) is 35.3 Å². The third-order valence-corrected chi connectivity index (χ3v) is 4.04. The maximum atomic E-state index is 4.58. The van der Waals surface area contributed by atoms with Gasteiger partial charge in [-0.1, -0.05) is 40.2 Å². The van der Waals surface area contributed by atoms with Crippen LogP contribution >= 0.6 is 0 Å². The first kappa shape index (κ1) is 14.9. The fourth-order valence-electron chi connectivity index (χ4n) is 3.07. The zero-order valence-electron chi connectivity index (χ0n) is 13.6. The van der Waals surface area contributed by atoms with Crippen molar-refractivity contribution >= 4 is 6.21 Å². The smallest absolute Gasteiger partial charge is 0.0667 e. The largest absolute Gasteiger partial charge is 0.351 e. The number of hydrogen-bond donors (Lipinski definition) is 0. The first-order valence-corrected chi connectivity index (χ1v) is 7.56. The SMILES string of the molecule is CCCC1(C)C=NN(C)C2=C1/C(=C\C(C)C)N(C)C=C2. The first-order chi connectivity index (χ1) is 9.39. The highest BCUT2D eigenvalue weighted by molar-refractivity contribution is 5.75. The average Bonchev–Trinajstić information content (AvgIpc) is 2.37. The molecule has 0 saturated carbocycles. The number of allylic oxidation sites excluding steroid dienone is 3. The Morgan fingerprint density at radius 2 is 2.05 bits per heavy atom. The van der Waals surface area contributed by atoms with Crippen LogP contribution < -0.4 is 0 Å². The molecule has 1 atom stereocenters. The van der Waals surface area contributed by atoms with Crippen LogP contribution in [-0.4, -0.2) is 30.2 Å². The molecule has 0 spiro atoms. The molecule has 3 nitrogen and oxygen atoms in total. The Morgan fingerprint density at radius 1 is 1.35 bits per heavy atom. The number of hydrazone groups is 1. The van der Waals surface area contributed by atoms with Crippen molar-refractivity contribution in [3.8, 4) is 0 Å². The summed E-state index contributed by atoms with van der Waals surface area (Å²) in [5.41, 5.74) is 3.99. The van der Waals surface area contributed by atoms with Crippen LogP contribution in [0.4, 0.5) is 0 Å². The molecule has 2 aliphatic heterocycles. The molecule has 0 aliphatic carbocycles. The van der Waals surface area contributed by atoms with E-state index in [4.69, 9.17) is 0 Å². The van der Waals surface area contributed by atoms with Gasteiger partial charge in [0.1, 0.15) is 0 Å². The lowest BCUT2D eigenvalue weighted by Crippen LogP contribution is -2.36. The fourth-order valence-corrected chi connectivity index (χ4v) is 3.07. The summed E-state index contributed by atoms with van der Waals surface area (Å²) in [6.45, 7) is 9.02. The molecule has 0 fully saturated rings. The zero-order chi connectivity index (χ0) is 14.9. The summed E-state index contributed by atoms with van der Waals surface area (Å²) in [5.74, 6) is 0.530. The van der Waals surface area contributed by atoms with Gasteiger partial charge in [0.05, 0.1) is 5.70 Å². The monoisotopic (exact) mass is 273 g/mol. The molecule has 110 valence electrons. The summed E-state index contributed by atoms with van der Waals surface area (Å²) in [6, 6.07) is 0. The molecule has 0 N–H and O–H groups in total. The van der Waals surface area contributed by atoms with Crippen LogP contribution in [-0.2, 0) is 0 Å². The Labute approximate surface area is 123 Å². The van der Waals surface area contributed by atoms with Gasteiger partial charge in [0.25, 0.3) is 0 Å². The van der Waals surface area contributed by atoms with Gasteiger partial charge in [-0.15, -0.1) is 0 Å². The van der Waals surface area contributed by atoms with E-state index in [9.17, 15) is 0 Å². The van der Waals surface area contributed by atoms with E-state index in [1.165, 1.54) is 17.0 Å². The van der Waals surface area contributed by atoms with Crippen molar-refractivity contribution < 1.29 is 0 Å². The van der Waals surface area contributed by atoms with Gasteiger partial charge >= 0.3 is 0 Å². The van der Waals surface area contributed by atoms with Gasteiger partial charge in [0, 0.05) is 43.2 Å². The quantitative estimate of drug-likeness (QED) is 0.774. The summed E-state index contributed by atoms with van der Waals surface area (Å²) < 4.78 is 0. The second kappa shape index (κ2) is 5.47. The molecule has 0 aromatic carbocycles. The first-order valence-electron chi connectivity index (χ1n) is 7.56. The molecule has 20 heavy (non-hydrogen) atoms. The van der Waals surface area contributed by atoms with Crippen molar-refractivity contribution in [1.82, 2.24) is 9.91 Å². The van der Waals surface area contributed by atoms with Gasteiger partial charge in [-0.05, 0) is 18.4 Å².